The van der Waals surface area contributed by atoms with E-state index in [1.54, 1.807) is 0 Å². The maximum atomic E-state index is 5.84. The highest BCUT2D eigenvalue weighted by atomic mass is 79.9. The molecule has 2 aromatic rings. The molecule has 14 heavy (non-hydrogen) atoms. The molecule has 0 bridgehead atoms. The highest BCUT2D eigenvalue weighted by Gasteiger charge is 2.02. The van der Waals surface area contributed by atoms with E-state index < -0.39 is 0 Å². The second-order valence-corrected chi connectivity index (χ2v) is 4.36. The number of rotatable bonds is 1. The van der Waals surface area contributed by atoms with Crippen LogP contribution < -0.4 is 5.73 Å². The molecule has 0 radical (unpaired) electrons. The molecule has 1 nitrogen and oxygen atoms in total. The van der Waals surface area contributed by atoms with E-state index in [4.69, 9.17) is 5.73 Å². The zero-order valence-electron chi connectivity index (χ0n) is 8.00. The van der Waals surface area contributed by atoms with Gasteiger partial charge in [-0.1, -0.05) is 40.2 Å². The molecular weight excluding hydrogens is 238 g/mol. The molecule has 0 aliphatic carbocycles. The Balaban J connectivity index is 2.70. The van der Waals surface area contributed by atoms with E-state index in [9.17, 15) is 0 Å². The van der Waals surface area contributed by atoms with Crippen molar-refractivity contribution in [3.63, 3.8) is 0 Å². The summed E-state index contributed by atoms with van der Waals surface area (Å²) < 4.78 is 1.12. The van der Waals surface area contributed by atoms with Crippen LogP contribution in [0.15, 0.2) is 40.9 Å². The van der Waals surface area contributed by atoms with Gasteiger partial charge >= 0.3 is 0 Å². The molecular formula is C12H12BrN. The fourth-order valence-electron chi connectivity index (χ4n) is 1.54. The van der Waals surface area contributed by atoms with Crippen molar-refractivity contribution in [3.8, 4) is 0 Å². The normalized spacial score (nSPS) is 13.1. The van der Waals surface area contributed by atoms with Crippen LogP contribution in [0.25, 0.3) is 10.8 Å². The predicted molar refractivity (Wildman–Crippen MR) is 64.3 cm³/mol. The number of hydrogen-bond donors (Lipinski definition) is 1. The van der Waals surface area contributed by atoms with Crippen molar-refractivity contribution in [1.29, 1.82) is 0 Å². The summed E-state index contributed by atoms with van der Waals surface area (Å²) in [5.74, 6) is 0. The summed E-state index contributed by atoms with van der Waals surface area (Å²) in [6.07, 6.45) is 0. The van der Waals surface area contributed by atoms with E-state index in [0.29, 0.717) is 0 Å². The summed E-state index contributed by atoms with van der Waals surface area (Å²) in [4.78, 5) is 0. The first-order valence-corrected chi connectivity index (χ1v) is 5.41. The van der Waals surface area contributed by atoms with Gasteiger partial charge in [0.1, 0.15) is 0 Å². The summed E-state index contributed by atoms with van der Waals surface area (Å²) in [6.45, 7) is 2.00. The lowest BCUT2D eigenvalue weighted by Crippen LogP contribution is -2.04. The largest absolute Gasteiger partial charge is 0.324 e. The Bertz CT molecular complexity index is 463. The number of fused-ring (bicyclic) bond motifs is 1. The highest BCUT2D eigenvalue weighted by molar-refractivity contribution is 9.10. The van der Waals surface area contributed by atoms with Gasteiger partial charge in [0.05, 0.1) is 0 Å². The van der Waals surface area contributed by atoms with Crippen LogP contribution in [0.5, 0.6) is 0 Å². The molecule has 72 valence electrons. The Morgan fingerprint density at radius 1 is 1.21 bits per heavy atom. The monoisotopic (exact) mass is 249 g/mol. The number of halogens is 1. The van der Waals surface area contributed by atoms with Crippen LogP contribution in [0, 0.1) is 0 Å². The standard InChI is InChI=1S/C12H12BrN/c1-8(14)10-6-5-9-3-2-4-12(13)11(9)7-10/h2-8H,14H2,1H3/t8-/m1/s1. The van der Waals surface area contributed by atoms with Crippen LogP contribution in [-0.4, -0.2) is 0 Å². The van der Waals surface area contributed by atoms with Gasteiger partial charge in [-0.25, -0.2) is 0 Å². The van der Waals surface area contributed by atoms with Crippen molar-refractivity contribution in [2.24, 2.45) is 5.73 Å². The highest BCUT2D eigenvalue weighted by Crippen LogP contribution is 2.26. The van der Waals surface area contributed by atoms with Gasteiger partial charge in [0, 0.05) is 10.5 Å². The predicted octanol–water partition coefficient (Wildman–Crippen LogP) is 3.62. The molecule has 0 aliphatic rings. The number of nitrogens with two attached hydrogens (primary N) is 1. The Hall–Kier alpha value is -0.860. The van der Waals surface area contributed by atoms with Gasteiger partial charge in [0.25, 0.3) is 0 Å². The van der Waals surface area contributed by atoms with E-state index in [2.05, 4.69) is 40.2 Å². The zero-order chi connectivity index (χ0) is 10.1. The SMILES string of the molecule is C[C@@H](N)c1ccc2cccc(Br)c2c1. The van der Waals surface area contributed by atoms with Crippen LogP contribution in [0.1, 0.15) is 18.5 Å². The van der Waals surface area contributed by atoms with Gasteiger partial charge in [-0.3, -0.25) is 0 Å². The molecule has 0 spiro atoms. The van der Waals surface area contributed by atoms with E-state index in [-0.39, 0.29) is 6.04 Å². The van der Waals surface area contributed by atoms with Gasteiger partial charge < -0.3 is 5.73 Å². The van der Waals surface area contributed by atoms with Crippen LogP contribution in [0.2, 0.25) is 0 Å². The van der Waals surface area contributed by atoms with Crippen molar-refractivity contribution >= 4 is 26.7 Å². The maximum Gasteiger partial charge on any atom is 0.0266 e. The topological polar surface area (TPSA) is 26.0 Å². The molecule has 0 fully saturated rings. The molecule has 0 amide bonds. The minimum atomic E-state index is 0.0894. The van der Waals surface area contributed by atoms with Crippen molar-refractivity contribution in [3.05, 3.63) is 46.4 Å². The third-order valence-corrected chi connectivity index (χ3v) is 3.07. The Morgan fingerprint density at radius 3 is 2.71 bits per heavy atom. The number of hydrogen-bond acceptors (Lipinski definition) is 1. The van der Waals surface area contributed by atoms with Crippen molar-refractivity contribution in [2.75, 3.05) is 0 Å². The van der Waals surface area contributed by atoms with Gasteiger partial charge in [0.15, 0.2) is 0 Å². The summed E-state index contributed by atoms with van der Waals surface area (Å²) in [5.41, 5.74) is 7.01. The zero-order valence-corrected chi connectivity index (χ0v) is 9.58. The molecule has 0 saturated carbocycles. The van der Waals surface area contributed by atoms with Crippen LogP contribution in [0.4, 0.5) is 0 Å². The lowest BCUT2D eigenvalue weighted by Gasteiger charge is -2.07. The van der Waals surface area contributed by atoms with E-state index in [0.717, 1.165) is 4.47 Å². The molecule has 0 aliphatic heterocycles. The summed E-state index contributed by atoms with van der Waals surface area (Å²) in [7, 11) is 0. The smallest absolute Gasteiger partial charge is 0.0266 e. The van der Waals surface area contributed by atoms with E-state index in [1.165, 1.54) is 16.3 Å². The molecule has 0 heterocycles. The van der Waals surface area contributed by atoms with Crippen LogP contribution in [-0.2, 0) is 0 Å². The first-order valence-electron chi connectivity index (χ1n) is 4.62. The number of benzene rings is 2. The van der Waals surface area contributed by atoms with Gasteiger partial charge in [-0.2, -0.15) is 0 Å². The van der Waals surface area contributed by atoms with Gasteiger partial charge in [0.2, 0.25) is 0 Å². The second kappa shape index (κ2) is 3.71. The average molecular weight is 250 g/mol. The Labute approximate surface area is 92.1 Å². The van der Waals surface area contributed by atoms with Crippen molar-refractivity contribution < 1.29 is 0 Å². The fraction of sp³-hybridized carbons (Fsp3) is 0.167. The van der Waals surface area contributed by atoms with Crippen LogP contribution in [0.3, 0.4) is 0 Å². The molecule has 2 rings (SSSR count). The molecule has 2 aromatic carbocycles. The minimum absolute atomic E-state index is 0.0894. The van der Waals surface area contributed by atoms with E-state index in [1.807, 2.05) is 19.1 Å². The molecule has 0 aromatic heterocycles. The Kier molecular flexibility index (Phi) is 2.57. The van der Waals surface area contributed by atoms with Gasteiger partial charge in [-0.15, -0.1) is 0 Å². The summed E-state index contributed by atoms with van der Waals surface area (Å²) in [6, 6.07) is 12.6. The first-order chi connectivity index (χ1) is 6.68. The third kappa shape index (κ3) is 1.68. The molecule has 2 N–H and O–H groups in total. The lowest BCUT2D eigenvalue weighted by atomic mass is 10.0. The van der Waals surface area contributed by atoms with Gasteiger partial charge in [-0.05, 0) is 35.4 Å². The first kappa shape index (κ1) is 9.69. The van der Waals surface area contributed by atoms with Crippen LogP contribution >= 0.6 is 15.9 Å². The molecule has 1 atom stereocenters. The minimum Gasteiger partial charge on any atom is -0.324 e. The summed E-state index contributed by atoms with van der Waals surface area (Å²) in [5, 5.41) is 2.46. The quantitative estimate of drug-likeness (QED) is 0.821. The third-order valence-electron chi connectivity index (χ3n) is 2.38. The van der Waals surface area contributed by atoms with Crippen molar-refractivity contribution in [1.82, 2.24) is 0 Å². The molecule has 2 heteroatoms. The molecule has 0 unspecified atom stereocenters. The lowest BCUT2D eigenvalue weighted by molar-refractivity contribution is 0.820. The average Bonchev–Trinajstić information content (AvgIpc) is 2.18. The Morgan fingerprint density at radius 2 is 2.00 bits per heavy atom. The second-order valence-electron chi connectivity index (χ2n) is 3.51. The van der Waals surface area contributed by atoms with E-state index >= 15 is 0 Å². The summed E-state index contributed by atoms with van der Waals surface area (Å²) >= 11 is 3.54. The maximum absolute atomic E-state index is 5.84. The van der Waals surface area contributed by atoms with Crippen molar-refractivity contribution in [2.45, 2.75) is 13.0 Å². The fourth-order valence-corrected chi connectivity index (χ4v) is 2.03. The molecule has 0 saturated heterocycles.